The van der Waals surface area contributed by atoms with Crippen molar-refractivity contribution in [1.29, 1.82) is 0 Å². The van der Waals surface area contributed by atoms with Crippen LogP contribution in [-0.2, 0) is 0 Å². The summed E-state index contributed by atoms with van der Waals surface area (Å²) in [5.41, 5.74) is 6.61. The summed E-state index contributed by atoms with van der Waals surface area (Å²) in [5, 5.41) is 6.91. The molecule has 0 N–H and O–H groups in total. The molecule has 0 saturated heterocycles. The Morgan fingerprint density at radius 3 is 1.91 bits per heavy atom. The largest absolute Gasteiger partial charge is 0.309 e. The fourth-order valence-corrected chi connectivity index (χ4v) is 10.7. The van der Waals surface area contributed by atoms with Crippen LogP contribution in [0.5, 0.6) is 0 Å². The average Bonchev–Trinajstić information content (AvgIpc) is 4.00. The molecule has 4 nitrogen and oxygen atoms in total. The quantitative estimate of drug-likeness (QED) is 0.175. The summed E-state index contributed by atoms with van der Waals surface area (Å²) in [6, 6.07) is 50.2. The molecule has 0 bridgehead atoms. The maximum absolute atomic E-state index is 8.94. The topological polar surface area (TPSA) is 43.6 Å². The molecule has 12 rings (SSSR count). The number of fused-ring (bicyclic) bond motifs is 10. The van der Waals surface area contributed by atoms with Gasteiger partial charge in [-0.05, 0) is 47.5 Å². The van der Waals surface area contributed by atoms with Gasteiger partial charge in [0.1, 0.15) is 0 Å². The van der Waals surface area contributed by atoms with E-state index < -0.39 is 18.1 Å². The molecule has 4 heterocycles. The third-order valence-corrected chi connectivity index (χ3v) is 13.2. The number of thiophene rings is 2. The lowest BCUT2D eigenvalue weighted by Crippen LogP contribution is -2.01. The Morgan fingerprint density at radius 1 is 0.421 bits per heavy atom. The van der Waals surface area contributed by atoms with Crippen molar-refractivity contribution in [1.82, 2.24) is 19.5 Å². The zero-order chi connectivity index (χ0) is 41.8. The van der Waals surface area contributed by atoms with Crippen molar-refractivity contribution >= 4 is 84.8 Å². The van der Waals surface area contributed by atoms with E-state index in [0.29, 0.717) is 17.2 Å². The molecular formula is C51H30N4S2. The molecule has 8 aromatic carbocycles. The molecule has 0 aliphatic heterocycles. The number of hydrogen-bond donors (Lipinski definition) is 0. The van der Waals surface area contributed by atoms with Crippen LogP contribution in [0.15, 0.2) is 182 Å². The van der Waals surface area contributed by atoms with Gasteiger partial charge in [0.25, 0.3) is 0 Å². The van der Waals surface area contributed by atoms with Gasteiger partial charge in [-0.1, -0.05) is 145 Å². The van der Waals surface area contributed by atoms with E-state index in [1.54, 1.807) is 22.7 Å². The molecule has 0 radical (unpaired) electrons. The Morgan fingerprint density at radius 2 is 1.09 bits per heavy atom. The van der Waals surface area contributed by atoms with Crippen molar-refractivity contribution in [3.8, 4) is 51.0 Å². The summed E-state index contributed by atoms with van der Waals surface area (Å²) in [6.07, 6.45) is 0. The second kappa shape index (κ2) is 12.8. The van der Waals surface area contributed by atoms with Crippen molar-refractivity contribution in [3.63, 3.8) is 0 Å². The first-order valence-electron chi connectivity index (χ1n) is 21.1. The lowest BCUT2D eigenvalue weighted by Gasteiger charge is -2.13. The molecule has 57 heavy (non-hydrogen) atoms. The number of para-hydroxylation sites is 1. The van der Waals surface area contributed by atoms with Crippen LogP contribution >= 0.6 is 22.7 Å². The van der Waals surface area contributed by atoms with Gasteiger partial charge in [0.05, 0.1) is 17.9 Å². The van der Waals surface area contributed by atoms with Crippen molar-refractivity contribution in [3.05, 3.63) is 182 Å². The van der Waals surface area contributed by atoms with E-state index in [1.165, 1.54) is 25.6 Å². The van der Waals surface area contributed by atoms with Gasteiger partial charge in [0, 0.05) is 73.5 Å². The highest BCUT2D eigenvalue weighted by Crippen LogP contribution is 2.47. The summed E-state index contributed by atoms with van der Waals surface area (Å²) < 4.78 is 50.1. The van der Waals surface area contributed by atoms with E-state index >= 15 is 0 Å². The SMILES string of the molecule is [2H]c1c([2H])c([2H])c(-c2nc(-c3ccccc3)nc(-c3cc(-n4c5ccccc5c5c6c(ccc54)sc4ccccc46)cc4c3sc3c(-c5ccccc5)cccc34)n2)c([2H])c1[2H]. The number of aromatic nitrogens is 4. The molecule has 0 saturated carbocycles. The van der Waals surface area contributed by atoms with E-state index in [2.05, 4.69) is 120 Å². The minimum absolute atomic E-state index is 0.000848. The zero-order valence-electron chi connectivity index (χ0n) is 35.0. The van der Waals surface area contributed by atoms with Crippen molar-refractivity contribution < 1.29 is 6.85 Å². The molecule has 0 fully saturated rings. The second-order valence-electron chi connectivity index (χ2n) is 14.0. The van der Waals surface area contributed by atoms with Crippen LogP contribution in [0.4, 0.5) is 0 Å². The van der Waals surface area contributed by atoms with Gasteiger partial charge in [-0.2, -0.15) is 0 Å². The highest BCUT2D eigenvalue weighted by Gasteiger charge is 2.23. The van der Waals surface area contributed by atoms with Crippen molar-refractivity contribution in [2.75, 3.05) is 0 Å². The molecule has 266 valence electrons. The van der Waals surface area contributed by atoms with Gasteiger partial charge in [-0.3, -0.25) is 0 Å². The number of rotatable bonds is 5. The third kappa shape index (κ3) is 5.08. The highest BCUT2D eigenvalue weighted by atomic mass is 32.1. The molecule has 12 aromatic rings. The summed E-state index contributed by atoms with van der Waals surface area (Å²) in [6.45, 7) is 0. The second-order valence-corrected chi connectivity index (χ2v) is 16.1. The van der Waals surface area contributed by atoms with Crippen LogP contribution < -0.4 is 0 Å². The molecule has 4 aromatic heterocycles. The van der Waals surface area contributed by atoms with E-state index in [1.807, 2.05) is 36.4 Å². The molecule has 0 aliphatic carbocycles. The Kier molecular flexibility index (Phi) is 6.18. The summed E-state index contributed by atoms with van der Waals surface area (Å²) >= 11 is 3.48. The van der Waals surface area contributed by atoms with Gasteiger partial charge in [-0.15, -0.1) is 22.7 Å². The standard InChI is InChI=1S/C51H30N4S2/c1-4-15-31(16-5-1)35-23-14-24-36-39-29-34(55-41-25-12-10-21-37(41)45-42(55)27-28-44-46(45)38-22-11-13-26-43(38)56-44)30-40(48(39)57-47(35)36)51-53-49(32-17-6-2-7-18-32)52-50(54-51)33-19-8-3-9-20-33/h1-30H/i2D,6D,7D,17D,18D. The van der Waals surface area contributed by atoms with Crippen LogP contribution in [0.3, 0.4) is 0 Å². The molecular weight excluding hydrogens is 733 g/mol. The van der Waals surface area contributed by atoms with Crippen LogP contribution in [0.2, 0.25) is 0 Å². The number of hydrogen-bond acceptors (Lipinski definition) is 5. The van der Waals surface area contributed by atoms with Gasteiger partial charge in [0.2, 0.25) is 0 Å². The molecule has 0 amide bonds. The predicted molar refractivity (Wildman–Crippen MR) is 242 cm³/mol. The number of benzene rings is 8. The van der Waals surface area contributed by atoms with E-state index in [4.69, 9.17) is 21.8 Å². The van der Waals surface area contributed by atoms with E-state index in [9.17, 15) is 0 Å². The lowest BCUT2D eigenvalue weighted by molar-refractivity contribution is 1.07. The Bertz CT molecular complexity index is 3790. The van der Waals surface area contributed by atoms with Crippen LogP contribution in [0, 0.1) is 0 Å². The van der Waals surface area contributed by atoms with E-state index in [-0.39, 0.29) is 23.5 Å². The van der Waals surface area contributed by atoms with Gasteiger partial charge >= 0.3 is 0 Å². The highest BCUT2D eigenvalue weighted by molar-refractivity contribution is 7.27. The fourth-order valence-electron chi connectivity index (χ4n) is 8.26. The Hall–Kier alpha value is -6.99. The monoisotopic (exact) mass is 767 g/mol. The van der Waals surface area contributed by atoms with Crippen LogP contribution in [-0.4, -0.2) is 19.5 Å². The fraction of sp³-hybridized carbons (Fsp3) is 0. The lowest BCUT2D eigenvalue weighted by atomic mass is 10.0. The minimum atomic E-state index is -0.478. The van der Waals surface area contributed by atoms with Gasteiger partial charge in [-0.25, -0.2) is 15.0 Å². The predicted octanol–water partition coefficient (Wildman–Crippen LogP) is 14.4. The summed E-state index contributed by atoms with van der Waals surface area (Å²) in [4.78, 5) is 15.0. The first-order chi connectivity index (χ1) is 30.3. The Balaban J connectivity index is 1.22. The third-order valence-electron chi connectivity index (χ3n) is 10.7. The molecule has 6 heteroatoms. The van der Waals surface area contributed by atoms with Crippen molar-refractivity contribution in [2.45, 2.75) is 0 Å². The average molecular weight is 768 g/mol. The maximum Gasteiger partial charge on any atom is 0.165 e. The van der Waals surface area contributed by atoms with Crippen molar-refractivity contribution in [2.24, 2.45) is 0 Å². The summed E-state index contributed by atoms with van der Waals surface area (Å²) in [5.74, 6) is 0.650. The molecule has 0 unspecified atom stereocenters. The molecule has 0 atom stereocenters. The minimum Gasteiger partial charge on any atom is -0.309 e. The van der Waals surface area contributed by atoms with Gasteiger partial charge in [0.15, 0.2) is 17.5 Å². The summed E-state index contributed by atoms with van der Waals surface area (Å²) in [7, 11) is 0. The van der Waals surface area contributed by atoms with Gasteiger partial charge < -0.3 is 4.57 Å². The van der Waals surface area contributed by atoms with E-state index in [0.717, 1.165) is 59.0 Å². The molecule has 0 aliphatic rings. The first-order valence-corrected chi connectivity index (χ1v) is 20.2. The smallest absolute Gasteiger partial charge is 0.165 e. The number of nitrogens with zero attached hydrogens (tertiary/aromatic N) is 4. The molecule has 0 spiro atoms. The Labute approximate surface area is 342 Å². The zero-order valence-corrected chi connectivity index (χ0v) is 31.7. The normalized spacial score (nSPS) is 13.1. The van der Waals surface area contributed by atoms with Crippen LogP contribution in [0.25, 0.3) is 113 Å². The first kappa shape index (κ1) is 27.6. The van der Waals surface area contributed by atoms with Crippen LogP contribution in [0.1, 0.15) is 6.85 Å². The maximum atomic E-state index is 8.94.